The zero-order valence-electron chi connectivity index (χ0n) is 38.9. The minimum absolute atomic E-state index is 0.135. The first kappa shape index (κ1) is 50.6. The molecule has 66 heavy (non-hydrogen) atoms. The van der Waals surface area contributed by atoms with Crippen molar-refractivity contribution in [2.75, 3.05) is 36.2 Å². The van der Waals surface area contributed by atoms with Gasteiger partial charge in [0.05, 0.1) is 49.3 Å². The van der Waals surface area contributed by atoms with Gasteiger partial charge in [-0.2, -0.15) is 0 Å². The van der Waals surface area contributed by atoms with Crippen LogP contribution < -0.4 is 30.0 Å². The average molecular weight is 955 g/mol. The summed E-state index contributed by atoms with van der Waals surface area (Å²) in [5.41, 5.74) is 8.49. The molecule has 0 spiro atoms. The highest BCUT2D eigenvalue weighted by Gasteiger charge is 2.24. The number of hydrogen-bond donors (Lipinski definition) is 4. The van der Waals surface area contributed by atoms with Gasteiger partial charge in [0.2, 0.25) is 20.0 Å². The molecular formula is C50H56ClN5O8S2. The van der Waals surface area contributed by atoms with Crippen LogP contribution in [0.2, 0.25) is 5.02 Å². The number of pyridine rings is 3. The number of hydrogen-bond acceptors (Lipinski definition) is 9. The summed E-state index contributed by atoms with van der Waals surface area (Å²) in [6, 6.07) is 23.5. The van der Waals surface area contributed by atoms with Crippen LogP contribution in [0, 0.1) is 6.92 Å². The summed E-state index contributed by atoms with van der Waals surface area (Å²) in [6.45, 7) is 14.4. The maximum atomic E-state index is 12.6. The Bertz CT molecular complexity index is 3130. The van der Waals surface area contributed by atoms with Crippen LogP contribution >= 0.6 is 11.6 Å². The number of benzene rings is 3. The van der Waals surface area contributed by atoms with Gasteiger partial charge in [-0.15, -0.1) is 0 Å². The fraction of sp³-hybridized carbons (Fsp3) is 0.260. The third kappa shape index (κ3) is 13.8. The van der Waals surface area contributed by atoms with E-state index in [0.717, 1.165) is 57.3 Å². The van der Waals surface area contributed by atoms with E-state index in [2.05, 4.69) is 65.9 Å². The minimum atomic E-state index is -3.37. The predicted octanol–water partition coefficient (Wildman–Crippen LogP) is 10.1. The fourth-order valence-electron chi connectivity index (χ4n) is 6.92. The maximum absolute atomic E-state index is 12.6. The molecule has 0 saturated carbocycles. The maximum Gasteiger partial charge on any atom is 0.256 e. The lowest BCUT2D eigenvalue weighted by Crippen LogP contribution is -2.15. The van der Waals surface area contributed by atoms with E-state index in [1.165, 1.54) is 12.4 Å². The number of rotatable bonds is 12. The van der Waals surface area contributed by atoms with Gasteiger partial charge in [-0.25, -0.2) is 16.8 Å². The van der Waals surface area contributed by atoms with Crippen molar-refractivity contribution < 1.29 is 26.3 Å². The smallest absolute Gasteiger partial charge is 0.256 e. The highest BCUT2D eigenvalue weighted by atomic mass is 35.5. The predicted molar refractivity (Wildman–Crippen MR) is 271 cm³/mol. The van der Waals surface area contributed by atoms with Crippen LogP contribution in [0.3, 0.4) is 0 Å². The Hall–Kier alpha value is -6.42. The Morgan fingerprint density at radius 1 is 0.636 bits per heavy atom. The van der Waals surface area contributed by atoms with Gasteiger partial charge >= 0.3 is 0 Å². The van der Waals surface area contributed by atoms with E-state index in [1.807, 2.05) is 73.7 Å². The molecule has 0 aliphatic heterocycles. The molecule has 348 valence electrons. The van der Waals surface area contributed by atoms with Crippen molar-refractivity contribution in [1.29, 1.82) is 0 Å². The van der Waals surface area contributed by atoms with Gasteiger partial charge < -0.3 is 19.4 Å². The molecule has 16 heteroatoms. The van der Waals surface area contributed by atoms with Gasteiger partial charge in [-0.05, 0) is 113 Å². The summed E-state index contributed by atoms with van der Waals surface area (Å²) < 4.78 is 61.9. The second-order valence-corrected chi connectivity index (χ2v) is 21.7. The molecule has 0 fully saturated rings. The largest absolute Gasteiger partial charge is 0.496 e. The number of aryl methyl sites for hydroxylation is 1. The molecule has 0 bridgehead atoms. The number of halogens is 1. The van der Waals surface area contributed by atoms with Crippen molar-refractivity contribution in [1.82, 2.24) is 15.0 Å². The summed E-state index contributed by atoms with van der Waals surface area (Å²) in [4.78, 5) is 34.9. The SMILES string of the molecule is COc1c(/C=C/c2ccc(NS(C)(=O)=O)cc2)cc(-c2ccc(C)[nH]c2=O)cc1C(C)(C)C.COc1c(/C=C/c2ccc(NS(C)(=O)=O)cn2)cc(-c2cc(Cl)c[nH]c2=O)cc1C(C)(C)C. The number of anilines is 2. The van der Waals surface area contributed by atoms with Gasteiger partial charge in [-0.3, -0.25) is 24.0 Å². The molecule has 3 aromatic carbocycles. The van der Waals surface area contributed by atoms with Crippen molar-refractivity contribution in [3.8, 4) is 33.8 Å². The lowest BCUT2D eigenvalue weighted by atomic mass is 9.83. The van der Waals surface area contributed by atoms with Crippen LogP contribution in [-0.2, 0) is 30.9 Å². The molecule has 3 aromatic heterocycles. The molecule has 13 nitrogen and oxygen atoms in total. The van der Waals surface area contributed by atoms with Crippen molar-refractivity contribution in [2.45, 2.75) is 59.3 Å². The number of ether oxygens (including phenoxy) is 2. The van der Waals surface area contributed by atoms with Crippen LogP contribution in [-0.4, -0.2) is 58.5 Å². The lowest BCUT2D eigenvalue weighted by Gasteiger charge is -2.24. The average Bonchev–Trinajstić information content (AvgIpc) is 3.22. The standard InChI is InChI=1S/C26H30N2O4S.C24H26ClN3O4S/c1-17-7-14-22(25(29)27-17)20-15-19(24(32-5)23(16-20)26(2,3)4)11-8-18-9-12-21(13-10-18)28-33(6,30)31;1-24(2,3)21-11-16(20-12-17(25)13-27-23(20)29)10-15(22(21)32-4)6-7-18-8-9-19(14-26-18)28-33(5,30)31/h7-16,28H,1-6H3,(H,27,29);6-14,28H,1-5H3,(H,27,29)/b11-8+;7-6+. The molecule has 4 N–H and O–H groups in total. The molecule has 0 unspecified atom stereocenters. The van der Waals surface area contributed by atoms with Crippen molar-refractivity contribution in [3.63, 3.8) is 0 Å². The summed E-state index contributed by atoms with van der Waals surface area (Å²) in [5.74, 6) is 1.44. The third-order valence-electron chi connectivity index (χ3n) is 10.00. The molecule has 0 saturated heterocycles. The van der Waals surface area contributed by atoms with E-state index in [9.17, 15) is 26.4 Å². The first-order valence-electron chi connectivity index (χ1n) is 20.7. The van der Waals surface area contributed by atoms with Gasteiger partial charge in [-0.1, -0.05) is 77.4 Å². The minimum Gasteiger partial charge on any atom is -0.496 e. The number of nitrogens with zero attached hydrogens (tertiary/aromatic N) is 1. The molecule has 0 amide bonds. The van der Waals surface area contributed by atoms with E-state index >= 15 is 0 Å². The van der Waals surface area contributed by atoms with Crippen LogP contribution in [0.4, 0.5) is 11.4 Å². The molecule has 0 radical (unpaired) electrons. The van der Waals surface area contributed by atoms with Crippen LogP contribution in [0.25, 0.3) is 46.6 Å². The van der Waals surface area contributed by atoms with E-state index in [1.54, 1.807) is 50.6 Å². The monoisotopic (exact) mass is 953 g/mol. The summed E-state index contributed by atoms with van der Waals surface area (Å²) in [7, 11) is -3.44. The summed E-state index contributed by atoms with van der Waals surface area (Å²) in [5, 5.41) is 0.432. The molecule has 0 aliphatic rings. The van der Waals surface area contributed by atoms with E-state index < -0.39 is 20.0 Å². The van der Waals surface area contributed by atoms with Crippen LogP contribution in [0.1, 0.15) is 80.7 Å². The Kier molecular flexibility index (Phi) is 15.6. The van der Waals surface area contributed by atoms with Gasteiger partial charge in [0.1, 0.15) is 11.5 Å². The second kappa shape index (κ2) is 20.4. The van der Waals surface area contributed by atoms with E-state index in [-0.39, 0.29) is 21.9 Å². The number of H-pyrrole nitrogens is 2. The first-order chi connectivity index (χ1) is 30.7. The highest BCUT2D eigenvalue weighted by molar-refractivity contribution is 7.92. The van der Waals surface area contributed by atoms with Crippen molar-refractivity contribution in [3.05, 3.63) is 156 Å². The Morgan fingerprint density at radius 2 is 1.15 bits per heavy atom. The Labute approximate surface area is 392 Å². The second-order valence-electron chi connectivity index (χ2n) is 17.7. The fourth-order valence-corrected chi connectivity index (χ4v) is 8.19. The molecule has 6 aromatic rings. The molecule has 0 aliphatic carbocycles. The first-order valence-corrected chi connectivity index (χ1v) is 24.8. The number of nitrogens with one attached hydrogen (secondary N) is 4. The van der Waals surface area contributed by atoms with E-state index in [4.69, 9.17) is 21.1 Å². The van der Waals surface area contributed by atoms with Crippen LogP contribution in [0.5, 0.6) is 11.5 Å². The number of aromatic nitrogens is 3. The molecule has 6 rings (SSSR count). The van der Waals surface area contributed by atoms with Gasteiger partial charge in [0.15, 0.2) is 0 Å². The van der Waals surface area contributed by atoms with E-state index in [0.29, 0.717) is 44.5 Å². The van der Waals surface area contributed by atoms with Crippen LogP contribution in [0.15, 0.2) is 101 Å². The number of sulfonamides is 2. The van der Waals surface area contributed by atoms with Crippen molar-refractivity contribution in [2.24, 2.45) is 0 Å². The quantitative estimate of drug-likeness (QED) is 0.0865. The molecule has 3 heterocycles. The zero-order valence-corrected chi connectivity index (χ0v) is 41.3. The highest BCUT2D eigenvalue weighted by Crippen LogP contribution is 2.40. The number of aromatic amines is 2. The third-order valence-corrected chi connectivity index (χ3v) is 11.4. The Balaban J connectivity index is 0.000000247. The Morgan fingerprint density at radius 3 is 1.64 bits per heavy atom. The number of methoxy groups -OCH3 is 2. The van der Waals surface area contributed by atoms with Crippen molar-refractivity contribution >= 4 is 67.3 Å². The lowest BCUT2D eigenvalue weighted by molar-refractivity contribution is 0.396. The summed E-state index contributed by atoms with van der Waals surface area (Å²) >= 11 is 6.13. The zero-order chi connectivity index (χ0) is 48.8. The normalized spacial score (nSPS) is 12.2. The summed E-state index contributed by atoms with van der Waals surface area (Å²) in [6.07, 6.45) is 12.6. The molecule has 0 atom stereocenters. The topological polar surface area (TPSA) is 189 Å². The van der Waals surface area contributed by atoms with Gasteiger partial charge in [0, 0.05) is 51.0 Å². The molecular weight excluding hydrogens is 898 g/mol. The van der Waals surface area contributed by atoms with Gasteiger partial charge in [0.25, 0.3) is 11.1 Å².